The Morgan fingerprint density at radius 3 is 2.38 bits per heavy atom. The Hall–Kier alpha value is -0.0800. The van der Waals surface area contributed by atoms with Crippen LogP contribution in [0.3, 0.4) is 0 Å². The van der Waals surface area contributed by atoms with E-state index in [0.717, 1.165) is 36.0 Å². The van der Waals surface area contributed by atoms with E-state index in [1.165, 1.54) is 19.3 Å². The number of rotatable bonds is 4. The Labute approximate surface area is 98.6 Å². The second kappa shape index (κ2) is 3.71. The first-order chi connectivity index (χ1) is 7.63. The minimum Gasteiger partial charge on any atom is -0.393 e. The quantitative estimate of drug-likeness (QED) is 0.766. The Bertz CT molecular complexity index is 278. The smallest absolute Gasteiger partial charge is 0.0574 e. The van der Waals surface area contributed by atoms with Crippen LogP contribution >= 0.6 is 0 Å². The van der Waals surface area contributed by atoms with Gasteiger partial charge in [-0.3, -0.25) is 0 Å². The van der Waals surface area contributed by atoms with Crippen molar-refractivity contribution in [2.75, 3.05) is 0 Å². The molecule has 0 aromatic heterocycles. The van der Waals surface area contributed by atoms with Gasteiger partial charge in [0.2, 0.25) is 0 Å². The first-order valence-corrected chi connectivity index (χ1v) is 7.07. The van der Waals surface area contributed by atoms with Crippen LogP contribution in [0.25, 0.3) is 0 Å². The van der Waals surface area contributed by atoms with Crippen LogP contribution in [0.4, 0.5) is 0 Å². The van der Waals surface area contributed by atoms with E-state index in [1.807, 2.05) is 0 Å². The van der Waals surface area contributed by atoms with Gasteiger partial charge >= 0.3 is 0 Å². The second-order valence-electron chi connectivity index (χ2n) is 6.56. The van der Waals surface area contributed by atoms with Gasteiger partial charge in [0.15, 0.2) is 0 Å². The number of hydrogen-bond donors (Lipinski definition) is 2. The predicted octanol–water partition coefficient (Wildman–Crippen LogP) is 2.01. The number of aliphatic hydroxyl groups excluding tert-OH is 1. The lowest BCUT2D eigenvalue weighted by Crippen LogP contribution is -2.17. The van der Waals surface area contributed by atoms with Crippen LogP contribution in [-0.4, -0.2) is 17.3 Å². The lowest BCUT2D eigenvalue weighted by molar-refractivity contribution is 0.147. The molecule has 3 rings (SSSR count). The highest BCUT2D eigenvalue weighted by atomic mass is 16.3. The van der Waals surface area contributed by atoms with Crippen LogP contribution in [0.15, 0.2) is 0 Å². The van der Waals surface area contributed by atoms with Crippen LogP contribution in [0.2, 0.25) is 0 Å². The monoisotopic (exact) mass is 223 g/mol. The third-order valence-electron chi connectivity index (χ3n) is 5.46. The third kappa shape index (κ3) is 1.62. The maximum atomic E-state index is 9.89. The Morgan fingerprint density at radius 1 is 1.19 bits per heavy atom. The van der Waals surface area contributed by atoms with E-state index in [4.69, 9.17) is 5.73 Å². The van der Waals surface area contributed by atoms with Crippen molar-refractivity contribution in [3.8, 4) is 0 Å². The molecule has 3 saturated carbocycles. The van der Waals surface area contributed by atoms with Gasteiger partial charge in [0.05, 0.1) is 6.10 Å². The molecule has 8 atom stereocenters. The number of hydrogen-bond acceptors (Lipinski definition) is 2. The standard InChI is InChI=1S/C14H25NO/c1-3-8-11(4-7(2)15)14(8)12-6-13(16)10-5-9(10)12/h7-14,16H,3-6,15H2,1-2H3. The average Bonchev–Trinajstić information content (AvgIpc) is 3.07. The molecular weight excluding hydrogens is 198 g/mol. The van der Waals surface area contributed by atoms with Crippen molar-refractivity contribution in [1.82, 2.24) is 0 Å². The fourth-order valence-electron chi connectivity index (χ4n) is 4.69. The maximum Gasteiger partial charge on any atom is 0.0574 e. The van der Waals surface area contributed by atoms with Crippen LogP contribution in [0, 0.1) is 35.5 Å². The first-order valence-electron chi connectivity index (χ1n) is 7.07. The number of fused-ring (bicyclic) bond motifs is 1. The summed E-state index contributed by atoms with van der Waals surface area (Å²) in [6.45, 7) is 4.44. The van der Waals surface area contributed by atoms with Crippen molar-refractivity contribution in [1.29, 1.82) is 0 Å². The van der Waals surface area contributed by atoms with E-state index in [-0.39, 0.29) is 6.10 Å². The van der Waals surface area contributed by atoms with Crippen LogP contribution < -0.4 is 5.73 Å². The van der Waals surface area contributed by atoms with Crippen molar-refractivity contribution in [2.45, 2.75) is 51.7 Å². The first kappa shape index (κ1) is 11.0. The molecule has 0 aromatic rings. The van der Waals surface area contributed by atoms with Crippen molar-refractivity contribution in [3.05, 3.63) is 0 Å². The zero-order chi connectivity index (χ0) is 11.4. The molecule has 3 aliphatic carbocycles. The zero-order valence-electron chi connectivity index (χ0n) is 10.5. The number of nitrogens with two attached hydrogens (primary N) is 1. The minimum atomic E-state index is 0.0315. The molecule has 3 aliphatic rings. The highest BCUT2D eigenvalue weighted by Crippen LogP contribution is 2.67. The van der Waals surface area contributed by atoms with Crippen LogP contribution in [0.5, 0.6) is 0 Å². The van der Waals surface area contributed by atoms with Crippen molar-refractivity contribution in [3.63, 3.8) is 0 Å². The molecule has 0 spiro atoms. The van der Waals surface area contributed by atoms with Gasteiger partial charge < -0.3 is 10.8 Å². The van der Waals surface area contributed by atoms with Gasteiger partial charge in [-0.2, -0.15) is 0 Å². The van der Waals surface area contributed by atoms with Gasteiger partial charge in [-0.15, -0.1) is 0 Å². The molecule has 0 amide bonds. The molecule has 92 valence electrons. The molecule has 2 nitrogen and oxygen atoms in total. The molecule has 3 fully saturated rings. The van der Waals surface area contributed by atoms with Gasteiger partial charge in [-0.1, -0.05) is 13.3 Å². The minimum absolute atomic E-state index is 0.0315. The molecule has 8 unspecified atom stereocenters. The molecule has 3 N–H and O–H groups in total. The normalized spacial score (nSPS) is 55.9. The summed E-state index contributed by atoms with van der Waals surface area (Å²) in [5.41, 5.74) is 5.93. The third-order valence-corrected chi connectivity index (χ3v) is 5.46. The van der Waals surface area contributed by atoms with E-state index in [9.17, 15) is 5.11 Å². The lowest BCUT2D eigenvalue weighted by Gasteiger charge is -2.13. The van der Waals surface area contributed by atoms with E-state index >= 15 is 0 Å². The Morgan fingerprint density at radius 2 is 1.94 bits per heavy atom. The predicted molar refractivity (Wildman–Crippen MR) is 64.7 cm³/mol. The molecule has 2 heteroatoms. The van der Waals surface area contributed by atoms with Crippen molar-refractivity contribution < 1.29 is 5.11 Å². The summed E-state index contributed by atoms with van der Waals surface area (Å²) in [5, 5.41) is 9.89. The highest BCUT2D eigenvalue weighted by molar-refractivity contribution is 5.11. The number of aliphatic hydroxyl groups is 1. The second-order valence-corrected chi connectivity index (χ2v) is 6.56. The largest absolute Gasteiger partial charge is 0.393 e. The molecule has 16 heavy (non-hydrogen) atoms. The topological polar surface area (TPSA) is 46.2 Å². The molecule has 0 radical (unpaired) electrons. The van der Waals surface area contributed by atoms with Gasteiger partial charge in [-0.05, 0) is 61.7 Å². The summed E-state index contributed by atoms with van der Waals surface area (Å²) < 4.78 is 0. The van der Waals surface area contributed by atoms with Crippen LogP contribution in [0.1, 0.15) is 39.5 Å². The van der Waals surface area contributed by atoms with Crippen molar-refractivity contribution in [2.24, 2.45) is 41.2 Å². The van der Waals surface area contributed by atoms with Gasteiger partial charge in [-0.25, -0.2) is 0 Å². The summed E-state index contributed by atoms with van der Waals surface area (Å²) in [4.78, 5) is 0. The van der Waals surface area contributed by atoms with Crippen molar-refractivity contribution >= 4 is 0 Å². The summed E-state index contributed by atoms with van der Waals surface area (Å²) in [6.07, 6.45) is 4.94. The zero-order valence-corrected chi connectivity index (χ0v) is 10.5. The summed E-state index contributed by atoms with van der Waals surface area (Å²) >= 11 is 0. The summed E-state index contributed by atoms with van der Waals surface area (Å²) in [6, 6.07) is 0.352. The van der Waals surface area contributed by atoms with E-state index in [0.29, 0.717) is 12.0 Å². The van der Waals surface area contributed by atoms with Gasteiger partial charge in [0.1, 0.15) is 0 Å². The molecule has 0 saturated heterocycles. The molecule has 0 bridgehead atoms. The Balaban J connectivity index is 1.63. The molecule has 0 heterocycles. The van der Waals surface area contributed by atoms with E-state index in [1.54, 1.807) is 0 Å². The van der Waals surface area contributed by atoms with E-state index < -0.39 is 0 Å². The molecule has 0 aromatic carbocycles. The SMILES string of the molecule is CCC1C(CC(C)N)C1C1CC(O)C2CC21. The average molecular weight is 223 g/mol. The van der Waals surface area contributed by atoms with Gasteiger partial charge in [0.25, 0.3) is 0 Å². The lowest BCUT2D eigenvalue weighted by atomic mass is 9.93. The summed E-state index contributed by atoms with van der Waals surface area (Å²) in [7, 11) is 0. The highest BCUT2D eigenvalue weighted by Gasteiger charge is 2.63. The van der Waals surface area contributed by atoms with Crippen LogP contribution in [-0.2, 0) is 0 Å². The van der Waals surface area contributed by atoms with E-state index in [2.05, 4.69) is 13.8 Å². The summed E-state index contributed by atoms with van der Waals surface area (Å²) in [5.74, 6) is 5.10. The maximum absolute atomic E-state index is 9.89. The Kier molecular flexibility index (Phi) is 2.56. The molecule has 0 aliphatic heterocycles. The fourth-order valence-corrected chi connectivity index (χ4v) is 4.69. The fraction of sp³-hybridized carbons (Fsp3) is 1.00. The van der Waals surface area contributed by atoms with Gasteiger partial charge in [0, 0.05) is 6.04 Å². The molecular formula is C14H25NO.